The van der Waals surface area contributed by atoms with E-state index in [0.29, 0.717) is 19.0 Å². The van der Waals surface area contributed by atoms with Crippen molar-refractivity contribution in [3.63, 3.8) is 0 Å². The third-order valence-corrected chi connectivity index (χ3v) is 3.25. The fourth-order valence-corrected chi connectivity index (χ4v) is 2.03. The second-order valence-corrected chi connectivity index (χ2v) is 4.67. The highest BCUT2D eigenvalue weighted by Crippen LogP contribution is 2.24. The van der Waals surface area contributed by atoms with E-state index in [-0.39, 0.29) is 5.92 Å². The van der Waals surface area contributed by atoms with Crippen molar-refractivity contribution in [1.29, 1.82) is 0 Å². The molecule has 7 nitrogen and oxygen atoms in total. The largest absolute Gasteiger partial charge is 0.481 e. The zero-order chi connectivity index (χ0) is 13.4. The SMILES string of the molecule is Cc1ccc(-n2nnnc2N2CC(C(=O)O)C2)cc1. The Balaban J connectivity index is 1.84. The first-order valence-corrected chi connectivity index (χ1v) is 5.98. The summed E-state index contributed by atoms with van der Waals surface area (Å²) in [6.45, 7) is 2.90. The zero-order valence-corrected chi connectivity index (χ0v) is 10.4. The van der Waals surface area contributed by atoms with Crippen molar-refractivity contribution in [3.05, 3.63) is 29.8 Å². The van der Waals surface area contributed by atoms with Gasteiger partial charge in [-0.2, -0.15) is 4.68 Å². The molecule has 0 saturated carbocycles. The summed E-state index contributed by atoms with van der Waals surface area (Å²) in [6.07, 6.45) is 0. The summed E-state index contributed by atoms with van der Waals surface area (Å²) in [4.78, 5) is 12.7. The lowest BCUT2D eigenvalue weighted by Crippen LogP contribution is -2.51. The van der Waals surface area contributed by atoms with Gasteiger partial charge in [-0.15, -0.1) is 0 Å². The lowest BCUT2D eigenvalue weighted by Gasteiger charge is -2.36. The Hall–Kier alpha value is -2.44. The minimum atomic E-state index is -0.773. The van der Waals surface area contributed by atoms with Gasteiger partial charge in [-0.25, -0.2) is 0 Å². The van der Waals surface area contributed by atoms with E-state index in [0.717, 1.165) is 11.3 Å². The lowest BCUT2D eigenvalue weighted by atomic mass is 10.0. The molecule has 2 heterocycles. The van der Waals surface area contributed by atoms with Crippen molar-refractivity contribution < 1.29 is 9.90 Å². The predicted molar refractivity (Wildman–Crippen MR) is 67.2 cm³/mol. The number of carbonyl (C=O) groups is 1. The Morgan fingerprint density at radius 2 is 2.00 bits per heavy atom. The molecule has 0 radical (unpaired) electrons. The van der Waals surface area contributed by atoms with Crippen LogP contribution in [0.25, 0.3) is 5.69 Å². The molecule has 0 aliphatic carbocycles. The number of rotatable bonds is 3. The molecule has 1 fully saturated rings. The first kappa shape index (κ1) is 11.6. The second-order valence-electron chi connectivity index (χ2n) is 4.67. The van der Waals surface area contributed by atoms with Crippen molar-refractivity contribution in [2.45, 2.75) is 6.92 Å². The molecule has 3 rings (SSSR count). The highest BCUT2D eigenvalue weighted by atomic mass is 16.4. The molecule has 1 saturated heterocycles. The molecule has 0 unspecified atom stereocenters. The Morgan fingerprint density at radius 3 is 2.63 bits per heavy atom. The van der Waals surface area contributed by atoms with E-state index in [1.54, 1.807) is 4.68 Å². The van der Waals surface area contributed by atoms with Crippen LogP contribution in [0.3, 0.4) is 0 Å². The van der Waals surface area contributed by atoms with Gasteiger partial charge in [0.2, 0.25) is 5.95 Å². The van der Waals surface area contributed by atoms with E-state index in [1.807, 2.05) is 36.1 Å². The standard InChI is InChI=1S/C12H13N5O2/c1-8-2-4-10(5-3-8)17-12(13-14-15-17)16-6-9(7-16)11(18)19/h2-5,9H,6-7H2,1H3,(H,18,19). The second kappa shape index (κ2) is 4.34. The maximum absolute atomic E-state index is 10.8. The average Bonchev–Trinajstić information content (AvgIpc) is 2.76. The number of aliphatic carboxylic acids is 1. The number of anilines is 1. The molecule has 2 aromatic rings. The number of hydrogen-bond acceptors (Lipinski definition) is 5. The van der Waals surface area contributed by atoms with Gasteiger partial charge in [0, 0.05) is 13.1 Å². The average molecular weight is 259 g/mol. The van der Waals surface area contributed by atoms with E-state index in [9.17, 15) is 4.79 Å². The molecule has 1 aromatic carbocycles. The number of hydrogen-bond donors (Lipinski definition) is 1. The first-order chi connectivity index (χ1) is 9.15. The van der Waals surface area contributed by atoms with Crippen molar-refractivity contribution in [2.75, 3.05) is 18.0 Å². The van der Waals surface area contributed by atoms with Gasteiger partial charge in [0.05, 0.1) is 11.6 Å². The quantitative estimate of drug-likeness (QED) is 0.863. The number of aromatic nitrogens is 4. The van der Waals surface area contributed by atoms with E-state index in [2.05, 4.69) is 15.5 Å². The van der Waals surface area contributed by atoms with Gasteiger partial charge in [-0.05, 0) is 29.5 Å². The van der Waals surface area contributed by atoms with Crippen molar-refractivity contribution in [1.82, 2.24) is 20.2 Å². The highest BCUT2D eigenvalue weighted by molar-refractivity contribution is 5.74. The van der Waals surface area contributed by atoms with Gasteiger partial charge in [0.15, 0.2) is 0 Å². The molecule has 0 amide bonds. The van der Waals surface area contributed by atoms with Crippen LogP contribution in [0.1, 0.15) is 5.56 Å². The molecular formula is C12H13N5O2. The van der Waals surface area contributed by atoms with Crippen molar-refractivity contribution in [3.8, 4) is 5.69 Å². The normalized spacial score (nSPS) is 15.3. The third kappa shape index (κ3) is 2.03. The molecule has 1 aromatic heterocycles. The highest BCUT2D eigenvalue weighted by Gasteiger charge is 2.35. The lowest BCUT2D eigenvalue weighted by molar-refractivity contribution is -0.142. The van der Waals surface area contributed by atoms with Gasteiger partial charge in [-0.3, -0.25) is 4.79 Å². The number of carboxylic acids is 1. The summed E-state index contributed by atoms with van der Waals surface area (Å²) in [5, 5.41) is 20.5. The van der Waals surface area contributed by atoms with Crippen LogP contribution >= 0.6 is 0 Å². The Morgan fingerprint density at radius 1 is 1.32 bits per heavy atom. The summed E-state index contributed by atoms with van der Waals surface area (Å²) in [5.74, 6) is -0.518. The number of aryl methyl sites for hydroxylation is 1. The van der Waals surface area contributed by atoms with Crippen LogP contribution < -0.4 is 4.90 Å². The Labute approximate surface area is 109 Å². The molecule has 0 atom stereocenters. The Bertz CT molecular complexity index is 601. The van der Waals surface area contributed by atoms with Crippen LogP contribution in [-0.4, -0.2) is 44.4 Å². The number of carboxylic acid groups (broad SMARTS) is 1. The predicted octanol–water partition coefficient (Wildman–Crippen LogP) is 0.492. The van der Waals surface area contributed by atoms with Crippen LogP contribution in [0.4, 0.5) is 5.95 Å². The molecule has 1 aliphatic rings. The summed E-state index contributed by atoms with van der Waals surface area (Å²) in [7, 11) is 0. The molecule has 0 bridgehead atoms. The minimum Gasteiger partial charge on any atom is -0.481 e. The molecule has 98 valence electrons. The Kier molecular flexibility index (Phi) is 2.66. The van der Waals surface area contributed by atoms with Gasteiger partial charge >= 0.3 is 5.97 Å². The number of tetrazole rings is 1. The molecule has 1 N–H and O–H groups in total. The summed E-state index contributed by atoms with van der Waals surface area (Å²) in [5.41, 5.74) is 2.03. The van der Waals surface area contributed by atoms with Gasteiger partial charge in [0.25, 0.3) is 0 Å². The number of nitrogens with zero attached hydrogens (tertiary/aromatic N) is 5. The maximum Gasteiger partial charge on any atom is 0.310 e. The summed E-state index contributed by atoms with van der Waals surface area (Å²) < 4.78 is 1.62. The summed E-state index contributed by atoms with van der Waals surface area (Å²) >= 11 is 0. The van der Waals surface area contributed by atoms with Crippen molar-refractivity contribution >= 4 is 11.9 Å². The van der Waals surface area contributed by atoms with Crippen LogP contribution in [0.15, 0.2) is 24.3 Å². The van der Waals surface area contributed by atoms with Crippen molar-refractivity contribution in [2.24, 2.45) is 5.92 Å². The molecule has 0 spiro atoms. The third-order valence-electron chi connectivity index (χ3n) is 3.25. The van der Waals surface area contributed by atoms with Gasteiger partial charge in [-0.1, -0.05) is 22.8 Å². The van der Waals surface area contributed by atoms with Crippen LogP contribution in [-0.2, 0) is 4.79 Å². The first-order valence-electron chi connectivity index (χ1n) is 5.98. The van der Waals surface area contributed by atoms with Gasteiger partial charge < -0.3 is 10.0 Å². The molecule has 19 heavy (non-hydrogen) atoms. The van der Waals surface area contributed by atoms with Gasteiger partial charge in [0.1, 0.15) is 0 Å². The summed E-state index contributed by atoms with van der Waals surface area (Å²) in [6, 6.07) is 7.83. The number of benzene rings is 1. The van der Waals surface area contributed by atoms with Crippen LogP contribution in [0.2, 0.25) is 0 Å². The fraction of sp³-hybridized carbons (Fsp3) is 0.333. The van der Waals surface area contributed by atoms with Crippen LogP contribution in [0, 0.1) is 12.8 Å². The topological polar surface area (TPSA) is 84.1 Å². The van der Waals surface area contributed by atoms with E-state index < -0.39 is 5.97 Å². The van der Waals surface area contributed by atoms with E-state index in [1.165, 1.54) is 0 Å². The zero-order valence-electron chi connectivity index (χ0n) is 10.4. The maximum atomic E-state index is 10.8. The molecular weight excluding hydrogens is 246 g/mol. The van der Waals surface area contributed by atoms with E-state index in [4.69, 9.17) is 5.11 Å². The fourth-order valence-electron chi connectivity index (χ4n) is 2.03. The smallest absolute Gasteiger partial charge is 0.310 e. The monoisotopic (exact) mass is 259 g/mol. The van der Waals surface area contributed by atoms with Crippen LogP contribution in [0.5, 0.6) is 0 Å². The minimum absolute atomic E-state index is 0.330. The molecule has 1 aliphatic heterocycles. The molecule has 7 heteroatoms. The van der Waals surface area contributed by atoms with E-state index >= 15 is 0 Å².